The Labute approximate surface area is 122 Å². The van der Waals surface area contributed by atoms with E-state index in [1.807, 2.05) is 0 Å². The van der Waals surface area contributed by atoms with Gasteiger partial charge in [-0.15, -0.1) is 0 Å². The maximum Gasteiger partial charge on any atom is 0.0450 e. The highest BCUT2D eigenvalue weighted by atomic mass is 32.2. The van der Waals surface area contributed by atoms with Gasteiger partial charge in [-0.05, 0) is 56.7 Å². The highest BCUT2D eigenvalue weighted by Gasteiger charge is 2.48. The Balaban J connectivity index is 1.84. The molecule has 2 unspecified atom stereocenters. The molecular formula is C16H30N2S. The molecule has 0 aromatic rings. The number of likely N-dealkylation sites (tertiary alicyclic amines) is 1. The molecule has 2 saturated heterocycles. The van der Waals surface area contributed by atoms with Crippen LogP contribution < -0.4 is 5.73 Å². The summed E-state index contributed by atoms with van der Waals surface area (Å²) in [6.07, 6.45) is 11.4. The van der Waals surface area contributed by atoms with Gasteiger partial charge in [-0.1, -0.05) is 19.8 Å². The third kappa shape index (κ3) is 2.47. The zero-order valence-corrected chi connectivity index (χ0v) is 13.3. The maximum absolute atomic E-state index is 6.33. The lowest BCUT2D eigenvalue weighted by Crippen LogP contribution is -2.66. The van der Waals surface area contributed by atoms with Crippen LogP contribution in [0.15, 0.2) is 0 Å². The fraction of sp³-hybridized carbons (Fsp3) is 1.00. The van der Waals surface area contributed by atoms with Crippen molar-refractivity contribution in [3.8, 4) is 0 Å². The molecule has 19 heavy (non-hydrogen) atoms. The lowest BCUT2D eigenvalue weighted by molar-refractivity contribution is -0.0308. The number of nitrogens with two attached hydrogens (primary N) is 1. The zero-order valence-electron chi connectivity index (χ0n) is 12.4. The summed E-state index contributed by atoms with van der Waals surface area (Å²) in [4.78, 5) is 2.90. The molecule has 2 aliphatic heterocycles. The fourth-order valence-corrected chi connectivity index (χ4v) is 6.26. The second kappa shape index (κ2) is 5.95. The topological polar surface area (TPSA) is 29.3 Å². The van der Waals surface area contributed by atoms with E-state index in [4.69, 9.17) is 5.73 Å². The molecule has 0 spiro atoms. The van der Waals surface area contributed by atoms with Crippen LogP contribution in [0.2, 0.25) is 0 Å². The summed E-state index contributed by atoms with van der Waals surface area (Å²) >= 11 is 2.16. The fourth-order valence-electron chi connectivity index (χ4n) is 4.94. The van der Waals surface area contributed by atoms with Crippen molar-refractivity contribution < 1.29 is 0 Å². The Bertz CT molecular complexity index is 307. The minimum Gasteiger partial charge on any atom is -0.329 e. The molecule has 3 aliphatic rings. The number of piperidine rings is 1. The molecule has 3 fully saturated rings. The van der Waals surface area contributed by atoms with Crippen molar-refractivity contribution in [2.45, 2.75) is 75.1 Å². The Morgan fingerprint density at radius 2 is 1.95 bits per heavy atom. The van der Waals surface area contributed by atoms with Crippen LogP contribution >= 0.6 is 11.8 Å². The van der Waals surface area contributed by atoms with E-state index in [0.717, 1.165) is 18.5 Å². The van der Waals surface area contributed by atoms with Crippen molar-refractivity contribution >= 4 is 11.8 Å². The average Bonchev–Trinajstić information content (AvgIpc) is 2.48. The predicted octanol–water partition coefficient (Wildman–Crippen LogP) is 3.25. The van der Waals surface area contributed by atoms with E-state index < -0.39 is 0 Å². The summed E-state index contributed by atoms with van der Waals surface area (Å²) < 4.78 is 0. The van der Waals surface area contributed by atoms with E-state index in [1.54, 1.807) is 0 Å². The zero-order chi connectivity index (χ0) is 13.3. The minimum absolute atomic E-state index is 0.309. The molecule has 0 aromatic carbocycles. The van der Waals surface area contributed by atoms with E-state index in [0.29, 0.717) is 10.8 Å². The lowest BCUT2D eigenvalue weighted by atomic mass is 9.74. The lowest BCUT2D eigenvalue weighted by Gasteiger charge is -2.57. The van der Waals surface area contributed by atoms with Crippen LogP contribution in [0.5, 0.6) is 0 Å². The monoisotopic (exact) mass is 282 g/mol. The first-order valence-electron chi connectivity index (χ1n) is 8.36. The summed E-state index contributed by atoms with van der Waals surface area (Å²) in [5, 5.41) is 0.715. The quantitative estimate of drug-likeness (QED) is 0.843. The molecule has 110 valence electrons. The minimum atomic E-state index is 0.309. The van der Waals surface area contributed by atoms with Gasteiger partial charge in [0.15, 0.2) is 0 Å². The second-order valence-corrected chi connectivity index (χ2v) is 8.32. The van der Waals surface area contributed by atoms with Gasteiger partial charge >= 0.3 is 0 Å². The molecule has 0 radical (unpaired) electrons. The van der Waals surface area contributed by atoms with Gasteiger partial charge in [0.25, 0.3) is 0 Å². The van der Waals surface area contributed by atoms with E-state index in [-0.39, 0.29) is 0 Å². The largest absolute Gasteiger partial charge is 0.329 e. The van der Waals surface area contributed by atoms with E-state index >= 15 is 0 Å². The average molecular weight is 282 g/mol. The summed E-state index contributed by atoms with van der Waals surface area (Å²) in [5.74, 6) is 2.32. The van der Waals surface area contributed by atoms with Gasteiger partial charge in [-0.2, -0.15) is 11.8 Å². The smallest absolute Gasteiger partial charge is 0.0450 e. The Morgan fingerprint density at radius 1 is 1.16 bits per heavy atom. The number of nitrogens with zero attached hydrogens (tertiary/aromatic N) is 1. The van der Waals surface area contributed by atoms with Crippen molar-refractivity contribution in [1.29, 1.82) is 0 Å². The van der Waals surface area contributed by atoms with Gasteiger partial charge in [-0.3, -0.25) is 4.90 Å². The van der Waals surface area contributed by atoms with Crippen LogP contribution in [-0.2, 0) is 0 Å². The molecule has 1 aliphatic carbocycles. The summed E-state index contributed by atoms with van der Waals surface area (Å²) in [5.41, 5.74) is 6.64. The van der Waals surface area contributed by atoms with Crippen LogP contribution in [0.4, 0.5) is 0 Å². The van der Waals surface area contributed by atoms with E-state index in [9.17, 15) is 0 Å². The Hall–Kier alpha value is 0.270. The van der Waals surface area contributed by atoms with Gasteiger partial charge in [-0.25, -0.2) is 0 Å². The molecule has 2 nitrogen and oxygen atoms in total. The number of thioether (sulfide) groups is 1. The number of hydrogen-bond donors (Lipinski definition) is 1. The highest BCUT2D eigenvalue weighted by molar-refractivity contribution is 8.00. The molecule has 0 bridgehead atoms. The van der Waals surface area contributed by atoms with Crippen molar-refractivity contribution in [1.82, 2.24) is 4.90 Å². The molecule has 1 saturated carbocycles. The van der Waals surface area contributed by atoms with E-state index in [2.05, 4.69) is 23.6 Å². The normalized spacial score (nSPS) is 44.8. The first-order valence-corrected chi connectivity index (χ1v) is 9.41. The summed E-state index contributed by atoms with van der Waals surface area (Å²) in [6, 6.07) is 0.854. The van der Waals surface area contributed by atoms with Crippen LogP contribution in [0.3, 0.4) is 0 Å². The standard InChI is InChI=1S/C16H30N2S/c1-13-16(12-17,9-5-11-19-13)18-10-4-7-14-6-2-3-8-15(14)18/h13-15H,2-12,17H2,1H3/t13?,14-,15-,16?/m1/s1. The van der Waals surface area contributed by atoms with Crippen LogP contribution in [0.25, 0.3) is 0 Å². The van der Waals surface area contributed by atoms with Gasteiger partial charge in [0.1, 0.15) is 0 Å². The molecule has 3 heteroatoms. The van der Waals surface area contributed by atoms with Gasteiger partial charge in [0.2, 0.25) is 0 Å². The summed E-state index contributed by atoms with van der Waals surface area (Å²) in [7, 11) is 0. The van der Waals surface area contributed by atoms with Crippen molar-refractivity contribution in [3.63, 3.8) is 0 Å². The number of rotatable bonds is 2. The molecular weight excluding hydrogens is 252 g/mol. The third-order valence-corrected chi connectivity index (χ3v) is 7.51. The third-order valence-electron chi connectivity index (χ3n) is 6.05. The first kappa shape index (κ1) is 14.2. The molecule has 2 heterocycles. The molecule has 3 rings (SSSR count). The Morgan fingerprint density at radius 3 is 2.74 bits per heavy atom. The Kier molecular flexibility index (Phi) is 4.45. The second-order valence-electron chi connectivity index (χ2n) is 6.87. The SMILES string of the molecule is CC1SCCCC1(CN)N1CCC[C@H]2CCCC[C@H]21. The first-order chi connectivity index (χ1) is 9.28. The van der Waals surface area contributed by atoms with Crippen LogP contribution in [0, 0.1) is 5.92 Å². The van der Waals surface area contributed by atoms with Crippen molar-refractivity contribution in [2.75, 3.05) is 18.8 Å². The molecule has 0 aromatic heterocycles. The van der Waals surface area contributed by atoms with Crippen LogP contribution in [0.1, 0.15) is 58.3 Å². The highest BCUT2D eigenvalue weighted by Crippen LogP contribution is 2.45. The number of hydrogen-bond acceptors (Lipinski definition) is 3. The molecule has 0 amide bonds. The van der Waals surface area contributed by atoms with Gasteiger partial charge in [0.05, 0.1) is 0 Å². The van der Waals surface area contributed by atoms with Crippen molar-refractivity contribution in [2.24, 2.45) is 11.7 Å². The summed E-state index contributed by atoms with van der Waals surface area (Å²) in [6.45, 7) is 4.61. The molecule has 4 atom stereocenters. The number of fused-ring (bicyclic) bond motifs is 1. The maximum atomic E-state index is 6.33. The van der Waals surface area contributed by atoms with Gasteiger partial charge in [0, 0.05) is 23.4 Å². The van der Waals surface area contributed by atoms with Gasteiger partial charge < -0.3 is 5.73 Å². The van der Waals surface area contributed by atoms with Crippen molar-refractivity contribution in [3.05, 3.63) is 0 Å². The predicted molar refractivity (Wildman–Crippen MR) is 84.6 cm³/mol. The van der Waals surface area contributed by atoms with Crippen LogP contribution in [-0.4, -0.2) is 40.6 Å². The molecule has 2 N–H and O–H groups in total. The van der Waals surface area contributed by atoms with E-state index in [1.165, 1.54) is 63.7 Å².